The molecule has 0 aliphatic carbocycles. The maximum Gasteiger partial charge on any atom is 0.137 e. The molecule has 72 valence electrons. The zero-order valence-corrected chi connectivity index (χ0v) is 8.84. The van der Waals surface area contributed by atoms with E-state index in [0.29, 0.717) is 0 Å². The minimum atomic E-state index is 0.924. The summed E-state index contributed by atoms with van der Waals surface area (Å²) in [6.45, 7) is 0. The first-order valence-electron chi connectivity index (χ1n) is 4.54. The van der Waals surface area contributed by atoms with Gasteiger partial charge in [0.25, 0.3) is 0 Å². The molecule has 0 aliphatic heterocycles. The Morgan fingerprint density at radius 2 is 2.07 bits per heavy atom. The van der Waals surface area contributed by atoms with Crippen molar-refractivity contribution in [2.45, 2.75) is 6.42 Å². The lowest BCUT2D eigenvalue weighted by molar-refractivity contribution is 1.13. The van der Waals surface area contributed by atoms with Gasteiger partial charge in [0.15, 0.2) is 0 Å². The van der Waals surface area contributed by atoms with Crippen LogP contribution in [-0.4, -0.2) is 12.0 Å². The molecule has 0 fully saturated rings. The van der Waals surface area contributed by atoms with Crippen LogP contribution in [0.2, 0.25) is 0 Å². The van der Waals surface area contributed by atoms with Crippen molar-refractivity contribution in [3.8, 4) is 0 Å². The maximum absolute atomic E-state index is 4.43. The fraction of sp³-hybridized carbons (Fsp3) is 0.182. The quantitative estimate of drug-likeness (QED) is 0.831. The molecule has 3 heteroatoms. The topological polar surface area (TPSA) is 24.9 Å². The van der Waals surface area contributed by atoms with Gasteiger partial charge in [0.1, 0.15) is 5.82 Å². The van der Waals surface area contributed by atoms with Crippen LogP contribution in [0.5, 0.6) is 0 Å². The summed E-state index contributed by atoms with van der Waals surface area (Å²) in [7, 11) is 1.89. The van der Waals surface area contributed by atoms with Crippen molar-refractivity contribution in [2.24, 2.45) is 0 Å². The van der Waals surface area contributed by atoms with Crippen molar-refractivity contribution >= 4 is 17.2 Å². The highest BCUT2D eigenvalue weighted by molar-refractivity contribution is 7.10. The Balaban J connectivity index is 2.11. The Bertz CT molecular complexity index is 395. The highest BCUT2D eigenvalue weighted by Gasteiger charge is 2.00. The van der Waals surface area contributed by atoms with Crippen LogP contribution in [0, 0.1) is 0 Å². The van der Waals surface area contributed by atoms with Crippen LogP contribution in [0.4, 0.5) is 5.82 Å². The molecular weight excluding hydrogens is 192 g/mol. The van der Waals surface area contributed by atoms with Crippen LogP contribution in [-0.2, 0) is 6.42 Å². The molecule has 0 aliphatic rings. The van der Waals surface area contributed by atoms with Gasteiger partial charge in [0, 0.05) is 18.8 Å². The zero-order chi connectivity index (χ0) is 9.80. The molecule has 0 amide bonds. The van der Waals surface area contributed by atoms with E-state index in [1.807, 2.05) is 18.5 Å². The fourth-order valence-electron chi connectivity index (χ4n) is 1.28. The smallest absolute Gasteiger partial charge is 0.137 e. The molecule has 1 heterocycles. The molecule has 0 spiro atoms. The monoisotopic (exact) mass is 204 g/mol. The first-order valence-corrected chi connectivity index (χ1v) is 5.42. The Kier molecular flexibility index (Phi) is 2.79. The number of hydrogen-bond donors (Lipinski definition) is 1. The van der Waals surface area contributed by atoms with Crippen molar-refractivity contribution in [3.63, 3.8) is 0 Å². The van der Waals surface area contributed by atoms with Gasteiger partial charge in [0.2, 0.25) is 0 Å². The van der Waals surface area contributed by atoms with Gasteiger partial charge in [-0.2, -0.15) is 0 Å². The summed E-state index contributed by atoms with van der Waals surface area (Å²) in [4.78, 5) is 4.43. The average molecular weight is 204 g/mol. The number of nitrogens with zero attached hydrogens (tertiary/aromatic N) is 1. The van der Waals surface area contributed by atoms with Gasteiger partial charge in [-0.15, -0.1) is 11.3 Å². The summed E-state index contributed by atoms with van der Waals surface area (Å²) in [6, 6.07) is 10.4. The molecule has 2 nitrogen and oxygen atoms in total. The van der Waals surface area contributed by atoms with E-state index in [2.05, 4.69) is 34.6 Å². The van der Waals surface area contributed by atoms with E-state index in [9.17, 15) is 0 Å². The first kappa shape index (κ1) is 9.21. The molecule has 0 bridgehead atoms. The van der Waals surface area contributed by atoms with E-state index in [1.165, 1.54) is 5.56 Å². The van der Waals surface area contributed by atoms with Crippen LogP contribution in [0.25, 0.3) is 0 Å². The summed E-state index contributed by atoms with van der Waals surface area (Å²) < 4.78 is 0. The Hall–Kier alpha value is -1.35. The highest BCUT2D eigenvalue weighted by Crippen LogP contribution is 2.16. The normalized spacial score (nSPS) is 10.1. The summed E-state index contributed by atoms with van der Waals surface area (Å²) in [5.74, 6) is 0.959. The second-order valence-corrected chi connectivity index (χ2v) is 3.98. The highest BCUT2D eigenvalue weighted by atomic mass is 32.1. The Morgan fingerprint density at radius 1 is 1.29 bits per heavy atom. The van der Waals surface area contributed by atoms with Crippen LogP contribution < -0.4 is 5.32 Å². The molecule has 1 aromatic carbocycles. The third-order valence-corrected chi connectivity index (χ3v) is 2.85. The summed E-state index contributed by atoms with van der Waals surface area (Å²) >= 11 is 1.70. The van der Waals surface area contributed by atoms with Crippen LogP contribution in [0.3, 0.4) is 0 Å². The molecule has 0 saturated carbocycles. The van der Waals surface area contributed by atoms with E-state index in [4.69, 9.17) is 0 Å². The number of nitrogens with one attached hydrogen (secondary N) is 1. The van der Waals surface area contributed by atoms with Crippen molar-refractivity contribution in [1.29, 1.82) is 0 Å². The third-order valence-electron chi connectivity index (χ3n) is 2.01. The molecule has 2 rings (SSSR count). The molecule has 14 heavy (non-hydrogen) atoms. The minimum Gasteiger partial charge on any atom is -0.372 e. The average Bonchev–Trinajstić information content (AvgIpc) is 2.67. The van der Waals surface area contributed by atoms with Crippen molar-refractivity contribution < 1.29 is 0 Å². The Morgan fingerprint density at radius 3 is 2.71 bits per heavy atom. The number of thiazole rings is 1. The van der Waals surface area contributed by atoms with Gasteiger partial charge in [-0.1, -0.05) is 30.3 Å². The largest absolute Gasteiger partial charge is 0.372 e. The predicted molar refractivity (Wildman–Crippen MR) is 60.9 cm³/mol. The summed E-state index contributed by atoms with van der Waals surface area (Å²) in [6.07, 6.45) is 0.924. The van der Waals surface area contributed by atoms with Crippen molar-refractivity contribution in [2.75, 3.05) is 12.4 Å². The fourth-order valence-corrected chi connectivity index (χ4v) is 2.10. The summed E-state index contributed by atoms with van der Waals surface area (Å²) in [5.41, 5.74) is 1.31. The molecular formula is C11H12N2S. The van der Waals surface area contributed by atoms with E-state index in [0.717, 1.165) is 17.2 Å². The molecule has 0 unspecified atom stereocenters. The Labute approximate surface area is 87.6 Å². The minimum absolute atomic E-state index is 0.924. The van der Waals surface area contributed by atoms with Gasteiger partial charge in [-0.3, -0.25) is 0 Å². The van der Waals surface area contributed by atoms with Gasteiger partial charge in [-0.05, 0) is 5.56 Å². The number of benzene rings is 1. The lowest BCUT2D eigenvalue weighted by Crippen LogP contribution is -1.90. The van der Waals surface area contributed by atoms with Gasteiger partial charge >= 0.3 is 0 Å². The second kappa shape index (κ2) is 4.24. The second-order valence-electron chi connectivity index (χ2n) is 3.04. The molecule has 1 aromatic heterocycles. The molecule has 0 radical (unpaired) electrons. The lowest BCUT2D eigenvalue weighted by Gasteiger charge is -1.96. The number of aromatic nitrogens is 1. The van der Waals surface area contributed by atoms with E-state index in [1.54, 1.807) is 11.3 Å². The SMILES string of the molecule is CNc1csc(Cc2ccccc2)n1. The van der Waals surface area contributed by atoms with E-state index >= 15 is 0 Å². The standard InChI is InChI=1S/C11H12N2S/c1-12-10-8-14-11(13-10)7-9-5-3-2-4-6-9/h2-6,8,12H,7H2,1H3. The molecule has 0 saturated heterocycles. The van der Waals surface area contributed by atoms with Crippen molar-refractivity contribution in [1.82, 2.24) is 4.98 Å². The number of rotatable bonds is 3. The van der Waals surface area contributed by atoms with Crippen LogP contribution in [0.15, 0.2) is 35.7 Å². The van der Waals surface area contributed by atoms with E-state index < -0.39 is 0 Å². The van der Waals surface area contributed by atoms with Gasteiger partial charge in [-0.25, -0.2) is 4.98 Å². The number of anilines is 1. The number of hydrogen-bond acceptors (Lipinski definition) is 3. The van der Waals surface area contributed by atoms with E-state index in [-0.39, 0.29) is 0 Å². The summed E-state index contributed by atoms with van der Waals surface area (Å²) in [5, 5.41) is 6.23. The third kappa shape index (κ3) is 2.12. The van der Waals surface area contributed by atoms with Gasteiger partial charge in [0.05, 0.1) is 5.01 Å². The van der Waals surface area contributed by atoms with Crippen LogP contribution in [0.1, 0.15) is 10.6 Å². The van der Waals surface area contributed by atoms with Gasteiger partial charge < -0.3 is 5.32 Å². The van der Waals surface area contributed by atoms with Crippen molar-refractivity contribution in [3.05, 3.63) is 46.3 Å². The molecule has 0 atom stereocenters. The van der Waals surface area contributed by atoms with Crippen LogP contribution >= 0.6 is 11.3 Å². The maximum atomic E-state index is 4.43. The lowest BCUT2D eigenvalue weighted by atomic mass is 10.2. The predicted octanol–water partition coefficient (Wildman–Crippen LogP) is 2.78. The molecule has 1 N–H and O–H groups in total. The molecule has 2 aromatic rings. The zero-order valence-electron chi connectivity index (χ0n) is 8.03. The first-order chi connectivity index (χ1) is 6.88.